The Balaban J connectivity index is 0.00000107. The first-order valence-corrected chi connectivity index (χ1v) is 16.5. The minimum atomic E-state index is -4.55. The Labute approximate surface area is 276 Å². The van der Waals surface area contributed by atoms with Gasteiger partial charge in [-0.3, -0.25) is 4.55 Å². The summed E-state index contributed by atoms with van der Waals surface area (Å²) in [5.41, 5.74) is 16.7. The zero-order valence-electron chi connectivity index (χ0n) is 24.9. The summed E-state index contributed by atoms with van der Waals surface area (Å²) in [7, 11) is -7.66. The van der Waals surface area contributed by atoms with Crippen molar-refractivity contribution < 1.29 is 25.6 Å². The Hall–Kier alpha value is -6.09. The number of nitrogens with zero attached hydrogens (tertiary/aromatic N) is 4. The number of benzene rings is 6. The van der Waals surface area contributed by atoms with Gasteiger partial charge in [0, 0.05) is 32.9 Å². The second-order valence-corrected chi connectivity index (χ2v) is 12.0. The van der Waals surface area contributed by atoms with Crippen LogP contribution in [0.5, 0.6) is 0 Å². The molecular weight excluding hydrogens is 653 g/mol. The van der Waals surface area contributed by atoms with Gasteiger partial charge in [0.1, 0.15) is 4.90 Å². The van der Waals surface area contributed by atoms with Gasteiger partial charge in [-0.05, 0) is 59.7 Å². The molecule has 0 heterocycles. The van der Waals surface area contributed by atoms with E-state index in [1.165, 1.54) is 6.07 Å². The number of nitrogens with two attached hydrogens (primary N) is 2. The van der Waals surface area contributed by atoms with Crippen LogP contribution in [0.25, 0.3) is 33.7 Å². The summed E-state index contributed by atoms with van der Waals surface area (Å²) in [6, 6.07) is 34.1. The van der Waals surface area contributed by atoms with Gasteiger partial charge in [-0.25, -0.2) is 0 Å². The SMILES string of the molecule is Nc1ccc(N=Nc2ccc(/C=C/c3ccc(N=Nc4ccc(N)c5ccccc45)cc3S(=O)(=O)O)cc2)c2ccccc12.O=S(=O)=O. The predicted molar refractivity (Wildman–Crippen MR) is 186 cm³/mol. The van der Waals surface area contributed by atoms with Crippen LogP contribution in [-0.2, 0) is 20.7 Å². The highest BCUT2D eigenvalue weighted by atomic mass is 32.2. The third-order valence-electron chi connectivity index (χ3n) is 7.04. The normalized spacial score (nSPS) is 11.8. The molecule has 0 bridgehead atoms. The maximum atomic E-state index is 12.2. The highest BCUT2D eigenvalue weighted by molar-refractivity contribution is 7.86. The van der Waals surface area contributed by atoms with Crippen LogP contribution in [0.3, 0.4) is 0 Å². The Kier molecular flexibility index (Phi) is 10.1. The lowest BCUT2D eigenvalue weighted by molar-refractivity contribution is 0.483. The van der Waals surface area contributed by atoms with Crippen LogP contribution in [0.1, 0.15) is 11.1 Å². The Morgan fingerprint density at radius 1 is 0.562 bits per heavy atom. The van der Waals surface area contributed by atoms with Crippen molar-refractivity contribution in [2.75, 3.05) is 11.5 Å². The topological polar surface area (TPSA) is 207 Å². The lowest BCUT2D eigenvalue weighted by Gasteiger charge is -2.06. The maximum absolute atomic E-state index is 12.2. The molecule has 0 amide bonds. The minimum Gasteiger partial charge on any atom is -0.398 e. The fourth-order valence-corrected chi connectivity index (χ4v) is 5.50. The van der Waals surface area contributed by atoms with E-state index in [0.717, 1.165) is 27.1 Å². The van der Waals surface area contributed by atoms with Crippen molar-refractivity contribution in [3.05, 3.63) is 126 Å². The van der Waals surface area contributed by atoms with E-state index in [0.29, 0.717) is 34.0 Å². The van der Waals surface area contributed by atoms with E-state index >= 15 is 0 Å². The van der Waals surface area contributed by atoms with Crippen molar-refractivity contribution in [1.29, 1.82) is 0 Å². The first-order chi connectivity index (χ1) is 23.0. The van der Waals surface area contributed by atoms with Gasteiger partial charge < -0.3 is 11.5 Å². The number of hydrogen-bond donors (Lipinski definition) is 3. The van der Waals surface area contributed by atoms with E-state index in [4.69, 9.17) is 24.1 Å². The molecule has 0 spiro atoms. The molecule has 0 fully saturated rings. The zero-order chi connectivity index (χ0) is 34.3. The smallest absolute Gasteiger partial charge is 0.398 e. The predicted octanol–water partition coefficient (Wildman–Crippen LogP) is 8.40. The summed E-state index contributed by atoms with van der Waals surface area (Å²) in [5.74, 6) is 0. The summed E-state index contributed by atoms with van der Waals surface area (Å²) in [5, 5.41) is 20.8. The van der Waals surface area contributed by atoms with Crippen molar-refractivity contribution in [2.24, 2.45) is 20.5 Å². The second kappa shape index (κ2) is 14.6. The van der Waals surface area contributed by atoms with E-state index in [1.54, 1.807) is 48.6 Å². The summed E-state index contributed by atoms with van der Waals surface area (Å²) < 4.78 is 59.8. The molecule has 6 aromatic carbocycles. The highest BCUT2D eigenvalue weighted by Gasteiger charge is 2.15. The van der Waals surface area contributed by atoms with E-state index in [9.17, 15) is 13.0 Å². The first-order valence-electron chi connectivity index (χ1n) is 14.0. The molecule has 14 heteroatoms. The third kappa shape index (κ3) is 8.19. The van der Waals surface area contributed by atoms with Crippen LogP contribution in [0.2, 0.25) is 0 Å². The summed E-state index contributed by atoms with van der Waals surface area (Å²) in [4.78, 5) is -0.284. The fourth-order valence-electron chi connectivity index (χ4n) is 4.79. The van der Waals surface area contributed by atoms with Crippen LogP contribution in [0, 0.1) is 0 Å². The van der Waals surface area contributed by atoms with Crippen molar-refractivity contribution in [1.82, 2.24) is 0 Å². The van der Waals surface area contributed by atoms with E-state index in [1.807, 2.05) is 72.8 Å². The molecule has 0 aromatic heterocycles. The third-order valence-corrected chi connectivity index (χ3v) is 7.95. The van der Waals surface area contributed by atoms with E-state index in [-0.39, 0.29) is 10.6 Å². The molecule has 0 aliphatic rings. The molecule has 0 aliphatic heterocycles. The molecule has 5 N–H and O–H groups in total. The van der Waals surface area contributed by atoms with Gasteiger partial charge in [-0.2, -0.15) is 18.6 Å². The molecule has 0 radical (unpaired) electrons. The van der Waals surface area contributed by atoms with Gasteiger partial charge in [0.2, 0.25) is 0 Å². The number of rotatable bonds is 7. The molecule has 0 atom stereocenters. The quantitative estimate of drug-likeness (QED) is 0.0644. The van der Waals surface area contributed by atoms with Crippen LogP contribution in [-0.4, -0.2) is 25.6 Å². The zero-order valence-corrected chi connectivity index (χ0v) is 26.5. The van der Waals surface area contributed by atoms with Crippen LogP contribution >= 0.6 is 0 Å². The number of hydrogen-bond acceptors (Lipinski definition) is 11. The van der Waals surface area contributed by atoms with Gasteiger partial charge in [0.05, 0.1) is 22.7 Å². The Bertz CT molecular complexity index is 2460. The van der Waals surface area contributed by atoms with Crippen molar-refractivity contribution in [2.45, 2.75) is 4.90 Å². The van der Waals surface area contributed by atoms with Crippen LogP contribution in [0.15, 0.2) is 141 Å². The Morgan fingerprint density at radius 3 is 1.52 bits per heavy atom. The largest absolute Gasteiger partial charge is 0.425 e. The molecule has 0 unspecified atom stereocenters. The summed E-state index contributed by atoms with van der Waals surface area (Å²) >= 11 is 0. The lowest BCUT2D eigenvalue weighted by atomic mass is 10.1. The van der Waals surface area contributed by atoms with Gasteiger partial charge in [0.25, 0.3) is 10.1 Å². The van der Waals surface area contributed by atoms with Gasteiger partial charge in [0.15, 0.2) is 0 Å². The molecule has 12 nitrogen and oxygen atoms in total. The fraction of sp³-hybridized carbons (Fsp3) is 0. The molecule has 0 saturated heterocycles. The summed E-state index contributed by atoms with van der Waals surface area (Å²) in [6.45, 7) is 0. The maximum Gasteiger partial charge on any atom is 0.425 e. The van der Waals surface area contributed by atoms with Crippen molar-refractivity contribution in [3.63, 3.8) is 0 Å². The second-order valence-electron chi connectivity index (χ2n) is 10.2. The first kappa shape index (κ1) is 33.3. The molecule has 240 valence electrons. The van der Waals surface area contributed by atoms with E-state index in [2.05, 4.69) is 20.5 Å². The van der Waals surface area contributed by atoms with Crippen LogP contribution in [0.4, 0.5) is 34.1 Å². The van der Waals surface area contributed by atoms with Crippen molar-refractivity contribution >= 4 is 88.5 Å². The number of azo groups is 2. The van der Waals surface area contributed by atoms with Gasteiger partial charge in [-0.15, -0.1) is 22.9 Å². The molecule has 6 rings (SSSR count). The molecule has 48 heavy (non-hydrogen) atoms. The van der Waals surface area contributed by atoms with Gasteiger partial charge >= 0.3 is 10.6 Å². The minimum absolute atomic E-state index is 0.263. The molecule has 0 saturated carbocycles. The average Bonchev–Trinajstić information content (AvgIpc) is 3.07. The van der Waals surface area contributed by atoms with Gasteiger partial charge in [-0.1, -0.05) is 78.9 Å². The average molecular weight is 679 g/mol. The lowest BCUT2D eigenvalue weighted by Crippen LogP contribution is -2.00. The highest BCUT2D eigenvalue weighted by Crippen LogP contribution is 2.33. The number of anilines is 2. The standard InChI is InChI=1S/C34H26N6O3S.O3S/c35-30-17-19-32(28-7-3-1-5-26(28)30)39-37-24-14-10-22(11-15-24)9-12-23-13-16-25(21-34(23)44(41,42)43)38-40-33-20-18-31(36)27-6-2-4-8-29(27)33;1-4(2)3/h1-21H,35-36H2,(H,41,42,43);/b12-9+,39-37?,40-38?;. The molecule has 0 aliphatic carbocycles. The molecular formula is C34H26N6O6S2. The van der Waals surface area contributed by atoms with Crippen LogP contribution < -0.4 is 11.5 Å². The summed E-state index contributed by atoms with van der Waals surface area (Å²) in [6.07, 6.45) is 3.34. The number of fused-ring (bicyclic) bond motifs is 2. The van der Waals surface area contributed by atoms with Crippen molar-refractivity contribution in [3.8, 4) is 0 Å². The Morgan fingerprint density at radius 2 is 1.02 bits per heavy atom. The number of nitrogen functional groups attached to an aromatic ring is 2. The monoisotopic (exact) mass is 678 g/mol. The van der Waals surface area contributed by atoms with E-state index < -0.39 is 20.7 Å². The molecule has 6 aromatic rings.